The van der Waals surface area contributed by atoms with Crippen molar-refractivity contribution in [2.45, 2.75) is 25.3 Å². The maximum absolute atomic E-state index is 13.4. The van der Waals surface area contributed by atoms with Gasteiger partial charge in [0.05, 0.1) is 32.5 Å². The molecule has 4 rings (SSSR count). The van der Waals surface area contributed by atoms with Crippen molar-refractivity contribution >= 4 is 17.5 Å². The second-order valence-electron chi connectivity index (χ2n) is 8.46. The number of nitrogens with zero attached hydrogens (tertiary/aromatic N) is 3. The van der Waals surface area contributed by atoms with E-state index in [2.05, 4.69) is 4.90 Å². The van der Waals surface area contributed by atoms with E-state index in [1.54, 1.807) is 19.2 Å². The number of rotatable bonds is 7. The molecule has 2 amide bonds. The highest BCUT2D eigenvalue weighted by molar-refractivity contribution is 6.03. The lowest BCUT2D eigenvalue weighted by Gasteiger charge is -2.31. The van der Waals surface area contributed by atoms with Gasteiger partial charge in [0.25, 0.3) is 5.91 Å². The Labute approximate surface area is 193 Å². The standard InChI is InChI=1S/C25H30N4O4/c1-32-20-7-3-17(4-8-20)22-15-23(18-5-9-21(33-2)10-6-18)29(27-22)24(30)16-28-13-11-19(12-14-28)25(26)31/h3-10,19,23H,11-16H2,1-2H3,(H2,26,31)/t23-/m0/s1. The molecule has 8 heteroatoms. The zero-order valence-electron chi connectivity index (χ0n) is 19.1. The van der Waals surface area contributed by atoms with Gasteiger partial charge in [-0.05, 0) is 73.5 Å². The summed E-state index contributed by atoms with van der Waals surface area (Å²) < 4.78 is 10.5. The van der Waals surface area contributed by atoms with Crippen LogP contribution in [0, 0.1) is 5.92 Å². The van der Waals surface area contributed by atoms with Gasteiger partial charge in [-0.2, -0.15) is 5.10 Å². The molecule has 2 aromatic carbocycles. The predicted molar refractivity (Wildman–Crippen MR) is 125 cm³/mol. The third kappa shape index (κ3) is 5.17. The highest BCUT2D eigenvalue weighted by Crippen LogP contribution is 2.34. The second-order valence-corrected chi connectivity index (χ2v) is 8.46. The van der Waals surface area contributed by atoms with Crippen LogP contribution in [0.25, 0.3) is 0 Å². The van der Waals surface area contributed by atoms with Crippen LogP contribution in [0.1, 0.15) is 36.4 Å². The average molecular weight is 451 g/mol. The van der Waals surface area contributed by atoms with E-state index in [1.165, 1.54) is 0 Å². The first-order valence-electron chi connectivity index (χ1n) is 11.2. The maximum Gasteiger partial charge on any atom is 0.257 e. The van der Waals surface area contributed by atoms with Crippen molar-refractivity contribution in [2.24, 2.45) is 16.8 Å². The first kappa shape index (κ1) is 22.8. The van der Waals surface area contributed by atoms with Gasteiger partial charge in [0.15, 0.2) is 0 Å². The molecular formula is C25H30N4O4. The predicted octanol–water partition coefficient (Wildman–Crippen LogP) is 2.58. The molecule has 2 aromatic rings. The van der Waals surface area contributed by atoms with Gasteiger partial charge in [-0.1, -0.05) is 12.1 Å². The number of likely N-dealkylation sites (tertiary alicyclic amines) is 1. The van der Waals surface area contributed by atoms with E-state index < -0.39 is 0 Å². The third-order valence-corrected chi connectivity index (χ3v) is 6.44. The number of hydrogen-bond donors (Lipinski definition) is 1. The molecule has 174 valence electrons. The Kier molecular flexibility index (Phi) is 6.93. The van der Waals surface area contributed by atoms with E-state index in [0.717, 1.165) is 28.3 Å². The number of carbonyl (C=O) groups excluding carboxylic acids is 2. The molecule has 0 aliphatic carbocycles. The van der Waals surface area contributed by atoms with E-state index in [9.17, 15) is 9.59 Å². The summed E-state index contributed by atoms with van der Waals surface area (Å²) in [6, 6.07) is 15.3. The number of ether oxygens (including phenoxy) is 2. The van der Waals surface area contributed by atoms with Crippen LogP contribution in [0.3, 0.4) is 0 Å². The molecule has 2 aliphatic rings. The molecule has 1 fully saturated rings. The van der Waals surface area contributed by atoms with Gasteiger partial charge in [0, 0.05) is 12.3 Å². The van der Waals surface area contributed by atoms with Crippen molar-refractivity contribution in [3.05, 3.63) is 59.7 Å². The summed E-state index contributed by atoms with van der Waals surface area (Å²) in [5.74, 6) is 1.13. The van der Waals surface area contributed by atoms with Crippen LogP contribution >= 0.6 is 0 Å². The summed E-state index contributed by atoms with van der Waals surface area (Å²) in [7, 11) is 3.27. The Morgan fingerprint density at radius 3 is 2.09 bits per heavy atom. The summed E-state index contributed by atoms with van der Waals surface area (Å²) in [6.07, 6.45) is 1.99. The highest BCUT2D eigenvalue weighted by Gasteiger charge is 2.34. The molecule has 0 radical (unpaired) electrons. The Morgan fingerprint density at radius 2 is 1.55 bits per heavy atom. The van der Waals surface area contributed by atoms with Crippen molar-refractivity contribution < 1.29 is 19.1 Å². The molecule has 1 saturated heterocycles. The zero-order valence-corrected chi connectivity index (χ0v) is 19.1. The topological polar surface area (TPSA) is 97.5 Å². The van der Waals surface area contributed by atoms with E-state index in [0.29, 0.717) is 32.4 Å². The van der Waals surface area contributed by atoms with Crippen LogP contribution in [0.4, 0.5) is 0 Å². The van der Waals surface area contributed by atoms with Crippen molar-refractivity contribution in [1.82, 2.24) is 9.91 Å². The highest BCUT2D eigenvalue weighted by atomic mass is 16.5. The van der Waals surface area contributed by atoms with Gasteiger partial charge in [-0.15, -0.1) is 0 Å². The first-order valence-corrected chi connectivity index (χ1v) is 11.2. The summed E-state index contributed by atoms with van der Waals surface area (Å²) >= 11 is 0. The Balaban J connectivity index is 1.53. The molecule has 0 spiro atoms. The minimum absolute atomic E-state index is 0.0585. The number of piperidine rings is 1. The number of methoxy groups -OCH3 is 2. The molecule has 0 aromatic heterocycles. The number of amides is 2. The molecular weight excluding hydrogens is 420 g/mol. The van der Waals surface area contributed by atoms with Gasteiger partial charge < -0.3 is 15.2 Å². The number of benzene rings is 2. The van der Waals surface area contributed by atoms with Crippen molar-refractivity contribution in [1.29, 1.82) is 0 Å². The number of primary amides is 1. The van der Waals surface area contributed by atoms with Crippen molar-refractivity contribution in [3.63, 3.8) is 0 Å². The van der Waals surface area contributed by atoms with Gasteiger partial charge in [0.2, 0.25) is 5.91 Å². The van der Waals surface area contributed by atoms with Gasteiger partial charge in [-0.25, -0.2) is 5.01 Å². The van der Waals surface area contributed by atoms with Crippen LogP contribution in [-0.2, 0) is 9.59 Å². The smallest absolute Gasteiger partial charge is 0.257 e. The summed E-state index contributed by atoms with van der Waals surface area (Å²) in [5.41, 5.74) is 8.27. The monoisotopic (exact) mass is 450 g/mol. The molecule has 8 nitrogen and oxygen atoms in total. The Morgan fingerprint density at radius 1 is 0.970 bits per heavy atom. The third-order valence-electron chi connectivity index (χ3n) is 6.44. The van der Waals surface area contributed by atoms with E-state index >= 15 is 0 Å². The Hall–Kier alpha value is -3.39. The minimum Gasteiger partial charge on any atom is -0.497 e. The number of nitrogens with two attached hydrogens (primary N) is 1. The maximum atomic E-state index is 13.4. The zero-order chi connectivity index (χ0) is 23.4. The van der Waals surface area contributed by atoms with Crippen LogP contribution < -0.4 is 15.2 Å². The summed E-state index contributed by atoms with van der Waals surface area (Å²) in [4.78, 5) is 26.9. The molecule has 2 heterocycles. The summed E-state index contributed by atoms with van der Waals surface area (Å²) in [5, 5.41) is 6.36. The fourth-order valence-electron chi connectivity index (χ4n) is 4.42. The lowest BCUT2D eigenvalue weighted by molar-refractivity contribution is -0.134. The molecule has 1 atom stereocenters. The Bertz CT molecular complexity index is 1010. The lowest BCUT2D eigenvalue weighted by atomic mass is 9.96. The molecule has 0 bridgehead atoms. The van der Waals surface area contributed by atoms with Crippen molar-refractivity contribution in [3.8, 4) is 11.5 Å². The fraction of sp³-hybridized carbons (Fsp3) is 0.400. The van der Waals surface area contributed by atoms with Crippen LogP contribution in [0.15, 0.2) is 53.6 Å². The van der Waals surface area contributed by atoms with Crippen molar-refractivity contribution in [2.75, 3.05) is 33.9 Å². The first-order chi connectivity index (χ1) is 16.0. The minimum atomic E-state index is -0.256. The van der Waals surface area contributed by atoms with E-state index in [4.69, 9.17) is 20.3 Å². The molecule has 2 aliphatic heterocycles. The normalized spacial score (nSPS) is 19.3. The van der Waals surface area contributed by atoms with Gasteiger partial charge >= 0.3 is 0 Å². The average Bonchev–Trinajstić information content (AvgIpc) is 3.30. The number of hydrazone groups is 1. The molecule has 0 unspecified atom stereocenters. The fourth-order valence-corrected chi connectivity index (χ4v) is 4.42. The largest absolute Gasteiger partial charge is 0.497 e. The second kappa shape index (κ2) is 10.0. The SMILES string of the molecule is COc1ccc(C2=NN(C(=O)CN3CCC(C(N)=O)CC3)[C@H](c3ccc(OC)cc3)C2)cc1. The quantitative estimate of drug-likeness (QED) is 0.699. The van der Waals surface area contributed by atoms with E-state index in [-0.39, 0.29) is 30.3 Å². The lowest BCUT2D eigenvalue weighted by Crippen LogP contribution is -2.43. The summed E-state index contributed by atoms with van der Waals surface area (Å²) in [6.45, 7) is 1.61. The van der Waals surface area contributed by atoms with Gasteiger partial charge in [0.1, 0.15) is 11.5 Å². The number of carbonyl (C=O) groups is 2. The van der Waals surface area contributed by atoms with E-state index in [1.807, 2.05) is 48.5 Å². The van der Waals surface area contributed by atoms with Crippen LogP contribution in [0.2, 0.25) is 0 Å². The molecule has 2 N–H and O–H groups in total. The van der Waals surface area contributed by atoms with Crippen LogP contribution in [-0.4, -0.2) is 61.3 Å². The van der Waals surface area contributed by atoms with Gasteiger partial charge in [-0.3, -0.25) is 14.5 Å². The van der Waals surface area contributed by atoms with Crippen LogP contribution in [0.5, 0.6) is 11.5 Å². The molecule has 0 saturated carbocycles. The molecule has 33 heavy (non-hydrogen) atoms. The number of hydrogen-bond acceptors (Lipinski definition) is 6.